The SMILES string of the molecule is CCC(CCO)CNc1nc(C)cc(C(=O)O)n1. The van der Waals surface area contributed by atoms with Crippen LogP contribution >= 0.6 is 0 Å². The Labute approximate surface area is 106 Å². The smallest absolute Gasteiger partial charge is 0.354 e. The Balaban J connectivity index is 2.69. The molecule has 0 spiro atoms. The minimum atomic E-state index is -1.06. The molecule has 1 rings (SSSR count). The van der Waals surface area contributed by atoms with E-state index in [0.29, 0.717) is 30.5 Å². The minimum absolute atomic E-state index is 0.0137. The number of hydrogen-bond donors (Lipinski definition) is 3. The van der Waals surface area contributed by atoms with Crippen LogP contribution in [0.25, 0.3) is 0 Å². The maximum absolute atomic E-state index is 10.9. The van der Waals surface area contributed by atoms with Gasteiger partial charge >= 0.3 is 5.97 Å². The number of aromatic carboxylic acids is 1. The number of aryl methyl sites for hydroxylation is 1. The highest BCUT2D eigenvalue weighted by molar-refractivity contribution is 5.85. The number of aliphatic hydroxyl groups excluding tert-OH is 1. The Kier molecular flexibility index (Phi) is 5.51. The van der Waals surface area contributed by atoms with Gasteiger partial charge in [-0.1, -0.05) is 13.3 Å². The molecule has 6 nitrogen and oxygen atoms in total. The van der Waals surface area contributed by atoms with Crippen molar-refractivity contribution in [2.45, 2.75) is 26.7 Å². The van der Waals surface area contributed by atoms with E-state index in [1.165, 1.54) is 6.07 Å². The monoisotopic (exact) mass is 253 g/mol. The molecule has 0 amide bonds. The van der Waals surface area contributed by atoms with Crippen molar-refractivity contribution in [1.82, 2.24) is 9.97 Å². The van der Waals surface area contributed by atoms with Crippen molar-refractivity contribution in [3.05, 3.63) is 17.5 Å². The lowest BCUT2D eigenvalue weighted by Gasteiger charge is -2.14. The number of carbonyl (C=O) groups is 1. The van der Waals surface area contributed by atoms with E-state index >= 15 is 0 Å². The van der Waals surface area contributed by atoms with E-state index in [9.17, 15) is 4.79 Å². The van der Waals surface area contributed by atoms with Crippen molar-refractivity contribution in [3.8, 4) is 0 Å². The highest BCUT2D eigenvalue weighted by atomic mass is 16.4. The number of hydrogen-bond acceptors (Lipinski definition) is 5. The summed E-state index contributed by atoms with van der Waals surface area (Å²) in [6, 6.07) is 1.43. The zero-order valence-corrected chi connectivity index (χ0v) is 10.7. The molecule has 1 heterocycles. The lowest BCUT2D eigenvalue weighted by molar-refractivity contribution is 0.0690. The van der Waals surface area contributed by atoms with Gasteiger partial charge in [0.1, 0.15) is 0 Å². The van der Waals surface area contributed by atoms with E-state index in [-0.39, 0.29) is 12.3 Å². The van der Waals surface area contributed by atoms with Crippen molar-refractivity contribution in [2.75, 3.05) is 18.5 Å². The summed E-state index contributed by atoms with van der Waals surface area (Å²) in [6.45, 7) is 4.54. The molecule has 0 aromatic carbocycles. The van der Waals surface area contributed by atoms with Gasteiger partial charge in [-0.05, 0) is 25.3 Å². The molecular formula is C12H19N3O3. The fraction of sp³-hybridized carbons (Fsp3) is 0.583. The van der Waals surface area contributed by atoms with Crippen LogP contribution in [0.4, 0.5) is 5.95 Å². The highest BCUT2D eigenvalue weighted by Gasteiger charge is 2.10. The second kappa shape index (κ2) is 6.90. The Morgan fingerprint density at radius 3 is 2.78 bits per heavy atom. The third kappa shape index (κ3) is 4.29. The molecule has 100 valence electrons. The van der Waals surface area contributed by atoms with Gasteiger partial charge in [-0.3, -0.25) is 0 Å². The summed E-state index contributed by atoms with van der Waals surface area (Å²) < 4.78 is 0. The molecule has 18 heavy (non-hydrogen) atoms. The standard InChI is InChI=1S/C12H19N3O3/c1-3-9(4-5-16)7-13-12-14-8(2)6-10(15-12)11(17)18/h6,9,16H,3-5,7H2,1-2H3,(H,17,18)(H,13,14,15). The number of carboxylic acid groups (broad SMARTS) is 1. The molecule has 3 N–H and O–H groups in total. The predicted molar refractivity (Wildman–Crippen MR) is 67.7 cm³/mol. The van der Waals surface area contributed by atoms with Crippen LogP contribution in [-0.2, 0) is 0 Å². The van der Waals surface area contributed by atoms with Gasteiger partial charge < -0.3 is 15.5 Å². The summed E-state index contributed by atoms with van der Waals surface area (Å²) in [5.41, 5.74) is 0.598. The van der Waals surface area contributed by atoms with Gasteiger partial charge in [0.05, 0.1) is 0 Å². The van der Waals surface area contributed by atoms with E-state index in [2.05, 4.69) is 15.3 Å². The quantitative estimate of drug-likeness (QED) is 0.678. The van der Waals surface area contributed by atoms with Gasteiger partial charge in [-0.15, -0.1) is 0 Å². The first-order valence-corrected chi connectivity index (χ1v) is 6.00. The molecule has 0 saturated heterocycles. The molecule has 1 unspecified atom stereocenters. The van der Waals surface area contributed by atoms with Crippen molar-refractivity contribution in [3.63, 3.8) is 0 Å². The fourth-order valence-corrected chi connectivity index (χ4v) is 1.63. The first-order valence-electron chi connectivity index (χ1n) is 6.00. The second-order valence-electron chi connectivity index (χ2n) is 4.19. The summed E-state index contributed by atoms with van der Waals surface area (Å²) in [5.74, 6) is -0.415. The van der Waals surface area contributed by atoms with Crippen molar-refractivity contribution < 1.29 is 15.0 Å². The van der Waals surface area contributed by atoms with Crippen molar-refractivity contribution in [2.24, 2.45) is 5.92 Å². The van der Waals surface area contributed by atoms with Crippen LogP contribution in [0.5, 0.6) is 0 Å². The van der Waals surface area contributed by atoms with Crippen LogP contribution in [-0.4, -0.2) is 39.3 Å². The van der Waals surface area contributed by atoms with Crippen molar-refractivity contribution in [1.29, 1.82) is 0 Å². The lowest BCUT2D eigenvalue weighted by atomic mass is 10.0. The van der Waals surface area contributed by atoms with Gasteiger partial charge in [-0.25, -0.2) is 14.8 Å². The second-order valence-corrected chi connectivity index (χ2v) is 4.19. The van der Waals surface area contributed by atoms with Crippen molar-refractivity contribution >= 4 is 11.9 Å². The van der Waals surface area contributed by atoms with Gasteiger partial charge in [0.15, 0.2) is 5.69 Å². The molecule has 1 aromatic heterocycles. The normalized spacial score (nSPS) is 12.2. The molecule has 0 radical (unpaired) electrons. The number of carboxylic acids is 1. The molecule has 0 aliphatic rings. The largest absolute Gasteiger partial charge is 0.477 e. The predicted octanol–water partition coefficient (Wildman–Crippen LogP) is 1.30. The summed E-state index contributed by atoms with van der Waals surface area (Å²) >= 11 is 0. The number of nitrogens with zero attached hydrogens (tertiary/aromatic N) is 2. The van der Waals surface area contributed by atoms with Gasteiger partial charge in [0, 0.05) is 18.8 Å². The van der Waals surface area contributed by atoms with Gasteiger partial charge in [0.25, 0.3) is 0 Å². The first-order chi connectivity index (χ1) is 8.56. The average molecular weight is 253 g/mol. The fourth-order valence-electron chi connectivity index (χ4n) is 1.63. The summed E-state index contributed by atoms with van der Waals surface area (Å²) in [5, 5.41) is 20.8. The first kappa shape index (κ1) is 14.4. The third-order valence-corrected chi connectivity index (χ3v) is 2.74. The summed E-state index contributed by atoms with van der Waals surface area (Å²) in [4.78, 5) is 18.9. The summed E-state index contributed by atoms with van der Waals surface area (Å²) in [6.07, 6.45) is 1.65. The van der Waals surface area contributed by atoms with Crippen LogP contribution in [0.1, 0.15) is 35.9 Å². The molecule has 0 aliphatic carbocycles. The molecule has 0 aliphatic heterocycles. The zero-order valence-electron chi connectivity index (χ0n) is 10.7. The van der Waals surface area contributed by atoms with Crippen LogP contribution in [0.15, 0.2) is 6.07 Å². The Morgan fingerprint density at radius 1 is 1.50 bits per heavy atom. The number of aromatic nitrogens is 2. The Morgan fingerprint density at radius 2 is 2.22 bits per heavy atom. The van der Waals surface area contributed by atoms with E-state index < -0.39 is 5.97 Å². The molecular weight excluding hydrogens is 234 g/mol. The van der Waals surface area contributed by atoms with E-state index in [1.54, 1.807) is 6.92 Å². The molecule has 6 heteroatoms. The van der Waals surface area contributed by atoms with Crippen LogP contribution < -0.4 is 5.32 Å². The van der Waals surface area contributed by atoms with E-state index in [1.807, 2.05) is 6.92 Å². The summed E-state index contributed by atoms with van der Waals surface area (Å²) in [7, 11) is 0. The van der Waals surface area contributed by atoms with Crippen LogP contribution in [0.2, 0.25) is 0 Å². The maximum Gasteiger partial charge on any atom is 0.354 e. The van der Waals surface area contributed by atoms with Gasteiger partial charge in [0.2, 0.25) is 5.95 Å². The topological polar surface area (TPSA) is 95.3 Å². The maximum atomic E-state index is 10.9. The Bertz CT molecular complexity index is 410. The molecule has 0 bridgehead atoms. The van der Waals surface area contributed by atoms with Crippen LogP contribution in [0, 0.1) is 12.8 Å². The number of aliphatic hydroxyl groups is 1. The molecule has 1 aromatic rings. The minimum Gasteiger partial charge on any atom is -0.477 e. The lowest BCUT2D eigenvalue weighted by Crippen LogP contribution is -2.17. The number of rotatable bonds is 7. The third-order valence-electron chi connectivity index (χ3n) is 2.74. The van der Waals surface area contributed by atoms with E-state index in [4.69, 9.17) is 10.2 Å². The van der Waals surface area contributed by atoms with E-state index in [0.717, 1.165) is 6.42 Å². The molecule has 0 fully saturated rings. The molecule has 0 saturated carbocycles. The average Bonchev–Trinajstić information content (AvgIpc) is 2.33. The van der Waals surface area contributed by atoms with Gasteiger partial charge in [-0.2, -0.15) is 0 Å². The Hall–Kier alpha value is -1.69. The molecule has 1 atom stereocenters. The number of nitrogens with one attached hydrogen (secondary N) is 1. The number of anilines is 1. The highest BCUT2D eigenvalue weighted by Crippen LogP contribution is 2.10. The zero-order chi connectivity index (χ0) is 13.5. The van der Waals surface area contributed by atoms with Crippen LogP contribution in [0.3, 0.4) is 0 Å².